The molecule has 5 atom stereocenters. The van der Waals surface area contributed by atoms with Crippen LogP contribution in [0.15, 0.2) is 0 Å². The highest BCUT2D eigenvalue weighted by Gasteiger charge is 2.42. The number of ether oxygens (including phenoxy) is 3. The highest BCUT2D eigenvalue weighted by molar-refractivity contribution is 4.91. The Kier molecular flexibility index (Phi) is 4.79. The Morgan fingerprint density at radius 1 is 1.24 bits per heavy atom. The highest BCUT2D eigenvalue weighted by atomic mass is 16.7. The van der Waals surface area contributed by atoms with Crippen molar-refractivity contribution in [1.82, 2.24) is 0 Å². The average molecular weight is 244 g/mol. The van der Waals surface area contributed by atoms with Crippen LogP contribution in [-0.4, -0.2) is 42.9 Å². The largest absolute Gasteiger partial charge is 0.390 e. The van der Waals surface area contributed by atoms with Gasteiger partial charge in [-0.25, -0.2) is 0 Å². The van der Waals surface area contributed by atoms with Gasteiger partial charge < -0.3 is 19.3 Å². The minimum absolute atomic E-state index is 0.0804. The maximum absolute atomic E-state index is 10.3. The van der Waals surface area contributed by atoms with Gasteiger partial charge >= 0.3 is 0 Å². The van der Waals surface area contributed by atoms with E-state index >= 15 is 0 Å². The predicted molar refractivity (Wildman–Crippen MR) is 63.7 cm³/mol. The van der Waals surface area contributed by atoms with Gasteiger partial charge in [0.25, 0.3) is 0 Å². The summed E-state index contributed by atoms with van der Waals surface area (Å²) in [7, 11) is 0. The third-order valence-corrected chi connectivity index (χ3v) is 3.88. The third kappa shape index (κ3) is 2.99. The molecule has 2 fully saturated rings. The first-order valence-corrected chi connectivity index (χ1v) is 6.79. The summed E-state index contributed by atoms with van der Waals surface area (Å²) in [5, 5.41) is 10.3. The van der Waals surface area contributed by atoms with Crippen molar-refractivity contribution >= 4 is 0 Å². The van der Waals surface area contributed by atoms with Crippen molar-refractivity contribution in [3.63, 3.8) is 0 Å². The fourth-order valence-electron chi connectivity index (χ4n) is 2.93. The molecule has 0 amide bonds. The molecule has 4 nitrogen and oxygen atoms in total. The van der Waals surface area contributed by atoms with Crippen LogP contribution in [0.2, 0.25) is 0 Å². The smallest absolute Gasteiger partial charge is 0.147 e. The molecular weight excluding hydrogens is 220 g/mol. The molecule has 0 aromatic heterocycles. The molecule has 2 aliphatic heterocycles. The van der Waals surface area contributed by atoms with Crippen LogP contribution in [0, 0.1) is 5.92 Å². The van der Waals surface area contributed by atoms with Crippen LogP contribution in [-0.2, 0) is 14.2 Å². The third-order valence-electron chi connectivity index (χ3n) is 3.88. The maximum atomic E-state index is 10.3. The summed E-state index contributed by atoms with van der Waals surface area (Å²) in [4.78, 5) is 0. The van der Waals surface area contributed by atoms with Gasteiger partial charge in [0.1, 0.15) is 6.79 Å². The molecule has 4 heteroatoms. The van der Waals surface area contributed by atoms with Crippen molar-refractivity contribution in [2.45, 2.75) is 63.9 Å². The molecule has 17 heavy (non-hydrogen) atoms. The summed E-state index contributed by atoms with van der Waals surface area (Å²) >= 11 is 0. The predicted octanol–water partition coefficient (Wildman–Crippen LogP) is 1.70. The number of hydrogen-bond donors (Lipinski definition) is 1. The minimum Gasteiger partial charge on any atom is -0.390 e. The molecule has 2 heterocycles. The maximum Gasteiger partial charge on any atom is 0.147 e. The van der Waals surface area contributed by atoms with Crippen LogP contribution in [0.5, 0.6) is 0 Å². The number of aliphatic hydroxyl groups is 1. The van der Waals surface area contributed by atoms with Gasteiger partial charge in [-0.3, -0.25) is 0 Å². The lowest BCUT2D eigenvalue weighted by Crippen LogP contribution is -2.30. The molecule has 2 rings (SSSR count). The fourth-order valence-corrected chi connectivity index (χ4v) is 2.93. The van der Waals surface area contributed by atoms with Crippen molar-refractivity contribution in [2.75, 3.05) is 13.4 Å². The van der Waals surface area contributed by atoms with Crippen LogP contribution in [0.25, 0.3) is 0 Å². The Bertz CT molecular complexity index is 227. The van der Waals surface area contributed by atoms with E-state index in [4.69, 9.17) is 14.2 Å². The van der Waals surface area contributed by atoms with Gasteiger partial charge in [0.05, 0.1) is 31.0 Å². The molecular formula is C13H24O4. The SMILES string of the molecule is CCC[C@@H]1O[C@@H](C[C@H]2COCO2)[C@H](O)[C@H]1CC. The topological polar surface area (TPSA) is 47.9 Å². The van der Waals surface area contributed by atoms with E-state index in [2.05, 4.69) is 13.8 Å². The van der Waals surface area contributed by atoms with Crippen molar-refractivity contribution in [3.05, 3.63) is 0 Å². The van der Waals surface area contributed by atoms with Gasteiger partial charge in [-0.1, -0.05) is 20.3 Å². The summed E-state index contributed by atoms with van der Waals surface area (Å²) < 4.78 is 16.6. The molecule has 0 radical (unpaired) electrons. The summed E-state index contributed by atoms with van der Waals surface area (Å²) in [6, 6.07) is 0. The van der Waals surface area contributed by atoms with E-state index in [0.717, 1.165) is 25.7 Å². The van der Waals surface area contributed by atoms with Gasteiger partial charge in [0, 0.05) is 12.3 Å². The molecule has 0 aromatic carbocycles. The minimum atomic E-state index is -0.347. The summed E-state index contributed by atoms with van der Waals surface area (Å²) in [5.74, 6) is 0.280. The van der Waals surface area contributed by atoms with E-state index in [9.17, 15) is 5.11 Å². The van der Waals surface area contributed by atoms with Crippen LogP contribution in [0.3, 0.4) is 0 Å². The molecule has 2 aliphatic rings. The zero-order chi connectivity index (χ0) is 12.3. The number of aliphatic hydroxyl groups excluding tert-OH is 1. The van der Waals surface area contributed by atoms with Crippen LogP contribution < -0.4 is 0 Å². The lowest BCUT2D eigenvalue weighted by Gasteiger charge is -2.18. The first-order chi connectivity index (χ1) is 8.26. The molecule has 0 aromatic rings. The van der Waals surface area contributed by atoms with E-state index in [1.165, 1.54) is 0 Å². The normalized spacial score (nSPS) is 42.2. The van der Waals surface area contributed by atoms with E-state index < -0.39 is 0 Å². The Morgan fingerprint density at radius 2 is 2.06 bits per heavy atom. The van der Waals surface area contributed by atoms with Crippen LogP contribution >= 0.6 is 0 Å². The Morgan fingerprint density at radius 3 is 2.65 bits per heavy atom. The lowest BCUT2D eigenvalue weighted by molar-refractivity contribution is -0.0281. The second-order valence-corrected chi connectivity index (χ2v) is 5.08. The molecule has 1 N–H and O–H groups in total. The number of rotatable bonds is 5. The standard InChI is InChI=1S/C13H24O4/c1-3-5-11-10(4-2)13(14)12(17-11)6-9-7-15-8-16-9/h9-14H,3-8H2,1-2H3/t9-,10-,11-,12-,13+/m0/s1. The van der Waals surface area contributed by atoms with Gasteiger partial charge in [-0.15, -0.1) is 0 Å². The van der Waals surface area contributed by atoms with Gasteiger partial charge in [-0.05, 0) is 12.8 Å². The van der Waals surface area contributed by atoms with Crippen molar-refractivity contribution < 1.29 is 19.3 Å². The van der Waals surface area contributed by atoms with Gasteiger partial charge in [0.15, 0.2) is 0 Å². The highest BCUT2D eigenvalue weighted by Crippen LogP contribution is 2.34. The average Bonchev–Trinajstić information content (AvgIpc) is 2.90. The second kappa shape index (κ2) is 6.14. The Labute approximate surface area is 103 Å². The molecule has 100 valence electrons. The summed E-state index contributed by atoms with van der Waals surface area (Å²) in [5.41, 5.74) is 0. The fraction of sp³-hybridized carbons (Fsp3) is 1.00. The summed E-state index contributed by atoms with van der Waals surface area (Å²) in [6.07, 6.45) is 3.74. The zero-order valence-electron chi connectivity index (χ0n) is 10.8. The van der Waals surface area contributed by atoms with Crippen LogP contribution in [0.1, 0.15) is 39.5 Å². The Hall–Kier alpha value is -0.160. The summed E-state index contributed by atoms with van der Waals surface area (Å²) in [6.45, 7) is 5.28. The van der Waals surface area contributed by atoms with Crippen molar-refractivity contribution in [2.24, 2.45) is 5.92 Å². The molecule has 0 aliphatic carbocycles. The van der Waals surface area contributed by atoms with Gasteiger partial charge in [0.2, 0.25) is 0 Å². The van der Waals surface area contributed by atoms with E-state index in [1.54, 1.807) is 0 Å². The van der Waals surface area contributed by atoms with E-state index in [1.807, 2.05) is 0 Å². The lowest BCUT2D eigenvalue weighted by atomic mass is 9.90. The van der Waals surface area contributed by atoms with Crippen LogP contribution in [0.4, 0.5) is 0 Å². The van der Waals surface area contributed by atoms with Crippen molar-refractivity contribution in [3.8, 4) is 0 Å². The van der Waals surface area contributed by atoms with Crippen molar-refractivity contribution in [1.29, 1.82) is 0 Å². The first-order valence-electron chi connectivity index (χ1n) is 6.79. The van der Waals surface area contributed by atoms with E-state index in [0.29, 0.717) is 13.4 Å². The monoisotopic (exact) mass is 244 g/mol. The number of hydrogen-bond acceptors (Lipinski definition) is 4. The Balaban J connectivity index is 1.89. The van der Waals surface area contributed by atoms with Gasteiger partial charge in [-0.2, -0.15) is 0 Å². The molecule has 0 saturated carbocycles. The molecule has 0 spiro atoms. The molecule has 0 bridgehead atoms. The first kappa shape index (κ1) is 13.3. The molecule has 2 saturated heterocycles. The molecule has 0 unspecified atom stereocenters. The quantitative estimate of drug-likeness (QED) is 0.799. The van der Waals surface area contributed by atoms with E-state index in [-0.39, 0.29) is 30.3 Å². The second-order valence-electron chi connectivity index (χ2n) is 5.08. The zero-order valence-corrected chi connectivity index (χ0v) is 10.8.